The van der Waals surface area contributed by atoms with Gasteiger partial charge in [-0.15, -0.1) is 0 Å². The fraction of sp³-hybridized carbons (Fsp3) is 0.316. The summed E-state index contributed by atoms with van der Waals surface area (Å²) in [6.45, 7) is 1.65. The minimum Gasteiger partial charge on any atom is -0.365 e. The molecule has 0 aromatic heterocycles. The van der Waals surface area contributed by atoms with Gasteiger partial charge in [0.2, 0.25) is 0 Å². The SMILES string of the molecule is OC1(c2ccccc2)C(c2ccc(Cl)cc2)SC2=NCCCCN21. The van der Waals surface area contributed by atoms with Gasteiger partial charge in [0.15, 0.2) is 10.9 Å². The van der Waals surface area contributed by atoms with Crippen molar-refractivity contribution in [3.63, 3.8) is 0 Å². The molecule has 2 aromatic carbocycles. The maximum absolute atomic E-state index is 11.9. The summed E-state index contributed by atoms with van der Waals surface area (Å²) in [4.78, 5) is 6.80. The van der Waals surface area contributed by atoms with Crippen LogP contribution in [0, 0.1) is 0 Å². The van der Waals surface area contributed by atoms with Gasteiger partial charge in [-0.3, -0.25) is 4.99 Å². The Balaban J connectivity index is 1.84. The van der Waals surface area contributed by atoms with Crippen LogP contribution in [-0.4, -0.2) is 28.3 Å². The lowest BCUT2D eigenvalue weighted by Gasteiger charge is -2.37. The van der Waals surface area contributed by atoms with Crippen LogP contribution in [-0.2, 0) is 5.72 Å². The molecule has 0 radical (unpaired) electrons. The number of hydrogen-bond acceptors (Lipinski definition) is 4. The number of nitrogens with zero attached hydrogens (tertiary/aromatic N) is 2. The van der Waals surface area contributed by atoms with Crippen molar-refractivity contribution in [3.8, 4) is 0 Å². The van der Waals surface area contributed by atoms with E-state index in [1.807, 2.05) is 54.6 Å². The van der Waals surface area contributed by atoms with Crippen LogP contribution in [0.4, 0.5) is 0 Å². The Morgan fingerprint density at radius 2 is 1.83 bits per heavy atom. The molecule has 4 rings (SSSR count). The van der Waals surface area contributed by atoms with Crippen molar-refractivity contribution < 1.29 is 5.11 Å². The Labute approximate surface area is 151 Å². The average molecular weight is 359 g/mol. The van der Waals surface area contributed by atoms with Crippen LogP contribution in [0.25, 0.3) is 0 Å². The van der Waals surface area contributed by atoms with E-state index in [-0.39, 0.29) is 5.25 Å². The van der Waals surface area contributed by atoms with Crippen LogP contribution in [0.15, 0.2) is 59.6 Å². The highest BCUT2D eigenvalue weighted by molar-refractivity contribution is 8.14. The summed E-state index contributed by atoms with van der Waals surface area (Å²) in [7, 11) is 0. The van der Waals surface area contributed by atoms with Crippen LogP contribution in [0.2, 0.25) is 5.02 Å². The smallest absolute Gasteiger partial charge is 0.182 e. The van der Waals surface area contributed by atoms with Crippen LogP contribution >= 0.6 is 23.4 Å². The van der Waals surface area contributed by atoms with Crippen LogP contribution in [0.1, 0.15) is 29.2 Å². The molecule has 1 saturated heterocycles. The molecule has 0 aliphatic carbocycles. The molecule has 24 heavy (non-hydrogen) atoms. The maximum atomic E-state index is 11.9. The standard InChI is InChI=1S/C19H19ClN2OS/c20-16-10-8-14(9-11-16)17-19(23,15-6-2-1-3-7-15)22-13-5-4-12-21-18(22)24-17/h1-3,6-11,17,23H,4-5,12-13H2. The molecule has 2 unspecified atom stereocenters. The lowest BCUT2D eigenvalue weighted by molar-refractivity contribution is -0.0712. The number of fused-ring (bicyclic) bond motifs is 1. The van der Waals surface area contributed by atoms with Crippen LogP contribution in [0.5, 0.6) is 0 Å². The molecule has 2 aliphatic heterocycles. The zero-order chi connectivity index (χ0) is 16.6. The third kappa shape index (κ3) is 2.63. The molecule has 124 valence electrons. The quantitative estimate of drug-likeness (QED) is 0.862. The van der Waals surface area contributed by atoms with Gasteiger partial charge in [0, 0.05) is 23.7 Å². The molecule has 0 spiro atoms. The van der Waals surface area contributed by atoms with E-state index in [4.69, 9.17) is 16.6 Å². The van der Waals surface area contributed by atoms with Gasteiger partial charge in [-0.1, -0.05) is 65.8 Å². The fourth-order valence-corrected chi connectivity index (χ4v) is 4.99. The number of thioether (sulfide) groups is 1. The van der Waals surface area contributed by atoms with E-state index in [1.54, 1.807) is 11.8 Å². The number of rotatable bonds is 2. The Kier molecular flexibility index (Phi) is 4.29. The number of hydrogen-bond donors (Lipinski definition) is 1. The zero-order valence-electron chi connectivity index (χ0n) is 13.2. The van der Waals surface area contributed by atoms with Gasteiger partial charge < -0.3 is 10.0 Å². The molecule has 3 nitrogen and oxygen atoms in total. The molecule has 1 fully saturated rings. The van der Waals surface area contributed by atoms with Gasteiger partial charge >= 0.3 is 0 Å². The van der Waals surface area contributed by atoms with Crippen LogP contribution < -0.4 is 0 Å². The second kappa shape index (κ2) is 6.43. The van der Waals surface area contributed by atoms with Crippen molar-refractivity contribution in [1.29, 1.82) is 0 Å². The molecular formula is C19H19ClN2OS. The molecule has 2 heterocycles. The highest BCUT2D eigenvalue weighted by atomic mass is 35.5. The Hall–Kier alpha value is -1.49. The Bertz CT molecular complexity index is 750. The first-order valence-electron chi connectivity index (χ1n) is 8.22. The van der Waals surface area contributed by atoms with Crippen molar-refractivity contribution in [2.75, 3.05) is 13.1 Å². The summed E-state index contributed by atoms with van der Waals surface area (Å²) in [6, 6.07) is 17.7. The molecule has 0 saturated carbocycles. The molecule has 0 amide bonds. The van der Waals surface area contributed by atoms with E-state index in [9.17, 15) is 5.11 Å². The number of halogens is 1. The van der Waals surface area contributed by atoms with Crippen molar-refractivity contribution in [1.82, 2.24) is 4.90 Å². The molecule has 5 heteroatoms. The summed E-state index contributed by atoms with van der Waals surface area (Å²) in [6.07, 6.45) is 2.10. The Morgan fingerprint density at radius 3 is 2.58 bits per heavy atom. The summed E-state index contributed by atoms with van der Waals surface area (Å²) < 4.78 is 0. The van der Waals surface area contributed by atoms with Gasteiger partial charge in [0.1, 0.15) is 0 Å². The monoisotopic (exact) mass is 358 g/mol. The van der Waals surface area contributed by atoms with Crippen molar-refractivity contribution in [2.24, 2.45) is 4.99 Å². The number of aliphatic imine (C=N–C) groups is 1. The largest absolute Gasteiger partial charge is 0.365 e. The van der Waals surface area contributed by atoms with Crippen molar-refractivity contribution in [2.45, 2.75) is 23.8 Å². The summed E-state index contributed by atoms with van der Waals surface area (Å²) in [5.41, 5.74) is 0.874. The fourth-order valence-electron chi connectivity index (χ4n) is 3.41. The topological polar surface area (TPSA) is 35.8 Å². The highest BCUT2D eigenvalue weighted by Gasteiger charge is 2.53. The van der Waals surface area contributed by atoms with E-state index < -0.39 is 5.72 Å². The minimum atomic E-state index is -1.09. The molecule has 2 aromatic rings. The lowest BCUT2D eigenvalue weighted by atomic mass is 9.92. The van der Waals surface area contributed by atoms with Gasteiger partial charge in [-0.25, -0.2) is 0 Å². The highest BCUT2D eigenvalue weighted by Crippen LogP contribution is 2.54. The maximum Gasteiger partial charge on any atom is 0.182 e. The Morgan fingerprint density at radius 1 is 1.08 bits per heavy atom. The summed E-state index contributed by atoms with van der Waals surface area (Å²) >= 11 is 7.70. The summed E-state index contributed by atoms with van der Waals surface area (Å²) in [5, 5.41) is 13.4. The second-order valence-corrected chi connectivity index (χ2v) is 7.67. The van der Waals surface area contributed by atoms with Gasteiger partial charge in [-0.05, 0) is 30.5 Å². The zero-order valence-corrected chi connectivity index (χ0v) is 14.8. The third-order valence-corrected chi connectivity index (χ3v) is 6.29. The minimum absolute atomic E-state index is 0.131. The predicted molar refractivity (Wildman–Crippen MR) is 100 cm³/mol. The van der Waals surface area contributed by atoms with Crippen LogP contribution in [0.3, 0.4) is 0 Å². The molecular weight excluding hydrogens is 340 g/mol. The summed E-state index contributed by atoms with van der Waals surface area (Å²) in [5.74, 6) is 0. The van der Waals surface area contributed by atoms with Gasteiger partial charge in [0.05, 0.1) is 5.25 Å². The molecule has 2 atom stereocenters. The second-order valence-electron chi connectivity index (χ2n) is 6.16. The van der Waals surface area contributed by atoms with E-state index in [0.717, 1.165) is 42.2 Å². The van der Waals surface area contributed by atoms with E-state index in [0.29, 0.717) is 5.02 Å². The first-order valence-corrected chi connectivity index (χ1v) is 9.47. The van der Waals surface area contributed by atoms with Gasteiger partial charge in [-0.2, -0.15) is 0 Å². The number of aliphatic hydroxyl groups is 1. The number of amidine groups is 1. The normalized spacial score (nSPS) is 26.7. The van der Waals surface area contributed by atoms with Gasteiger partial charge in [0.25, 0.3) is 0 Å². The van der Waals surface area contributed by atoms with E-state index in [1.165, 1.54) is 0 Å². The third-order valence-electron chi connectivity index (χ3n) is 4.64. The first kappa shape index (κ1) is 16.0. The molecule has 0 bridgehead atoms. The van der Waals surface area contributed by atoms with E-state index >= 15 is 0 Å². The molecule has 1 N–H and O–H groups in total. The van der Waals surface area contributed by atoms with Crippen molar-refractivity contribution >= 4 is 28.5 Å². The van der Waals surface area contributed by atoms with Crippen molar-refractivity contribution in [3.05, 3.63) is 70.7 Å². The number of benzene rings is 2. The lowest BCUT2D eigenvalue weighted by Crippen LogP contribution is -2.46. The first-order chi connectivity index (χ1) is 11.7. The van der Waals surface area contributed by atoms with E-state index in [2.05, 4.69) is 4.90 Å². The average Bonchev–Trinajstić information content (AvgIpc) is 2.77. The predicted octanol–water partition coefficient (Wildman–Crippen LogP) is 4.43. The molecule has 2 aliphatic rings.